The maximum atomic E-state index is 12.8. The smallest absolute Gasteiger partial charge is 0.201 e. The summed E-state index contributed by atoms with van der Waals surface area (Å²) in [7, 11) is 0. The first-order chi connectivity index (χ1) is 10.3. The van der Waals surface area contributed by atoms with Gasteiger partial charge < -0.3 is 15.1 Å². The number of nitrogens with one attached hydrogen (secondary N) is 2. The van der Waals surface area contributed by atoms with Crippen molar-refractivity contribution in [1.29, 1.82) is 0 Å². The average Bonchev–Trinajstić information content (AvgIpc) is 3.08. The third-order valence-electron chi connectivity index (χ3n) is 5.10. The molecular weight excluding hydrogens is 264 g/mol. The van der Waals surface area contributed by atoms with Crippen molar-refractivity contribution < 1.29 is 9.21 Å². The minimum Gasteiger partial charge on any atom is -0.461 e. The van der Waals surface area contributed by atoms with Gasteiger partial charge in [-0.25, -0.2) is 0 Å². The van der Waals surface area contributed by atoms with Crippen molar-refractivity contribution in [3.05, 3.63) is 24.2 Å². The minimum atomic E-state index is 0.140. The Bertz CT molecular complexity index is 432. The molecule has 21 heavy (non-hydrogen) atoms. The summed E-state index contributed by atoms with van der Waals surface area (Å²) in [5.41, 5.74) is 0. The zero-order chi connectivity index (χ0) is 14.5. The van der Waals surface area contributed by atoms with E-state index in [1.54, 1.807) is 6.26 Å². The zero-order valence-electron chi connectivity index (χ0n) is 12.6. The van der Waals surface area contributed by atoms with Crippen molar-refractivity contribution in [2.45, 2.75) is 32.1 Å². The van der Waals surface area contributed by atoms with E-state index in [0.717, 1.165) is 45.4 Å². The molecule has 2 saturated heterocycles. The van der Waals surface area contributed by atoms with Crippen LogP contribution in [0.15, 0.2) is 22.8 Å². The van der Waals surface area contributed by atoms with Crippen LogP contribution >= 0.6 is 0 Å². The van der Waals surface area contributed by atoms with Crippen LogP contribution in [0.1, 0.15) is 42.7 Å². The molecule has 0 bridgehead atoms. The van der Waals surface area contributed by atoms with Crippen molar-refractivity contribution in [1.82, 2.24) is 10.6 Å². The lowest BCUT2D eigenvalue weighted by molar-refractivity contribution is 0.0777. The molecule has 0 amide bonds. The summed E-state index contributed by atoms with van der Waals surface area (Å²) in [5, 5.41) is 6.81. The number of carbonyl (C=O) groups is 1. The fourth-order valence-electron chi connectivity index (χ4n) is 3.84. The molecule has 2 fully saturated rings. The van der Waals surface area contributed by atoms with Crippen molar-refractivity contribution in [3.8, 4) is 0 Å². The molecular formula is C17H26N2O2. The molecule has 116 valence electrons. The van der Waals surface area contributed by atoms with Gasteiger partial charge in [0.25, 0.3) is 0 Å². The Morgan fingerprint density at radius 2 is 1.81 bits per heavy atom. The Morgan fingerprint density at radius 1 is 1.14 bits per heavy atom. The average molecular weight is 290 g/mol. The van der Waals surface area contributed by atoms with Gasteiger partial charge in [-0.2, -0.15) is 0 Å². The number of ketones is 1. The van der Waals surface area contributed by atoms with Gasteiger partial charge in [-0.05, 0) is 82.3 Å². The lowest BCUT2D eigenvalue weighted by atomic mass is 9.75. The molecule has 1 unspecified atom stereocenters. The van der Waals surface area contributed by atoms with Crippen molar-refractivity contribution in [3.63, 3.8) is 0 Å². The van der Waals surface area contributed by atoms with E-state index in [9.17, 15) is 4.79 Å². The number of furan rings is 1. The Balaban J connectivity index is 1.71. The van der Waals surface area contributed by atoms with Gasteiger partial charge in [0.2, 0.25) is 5.78 Å². The summed E-state index contributed by atoms with van der Waals surface area (Å²) in [6.45, 7) is 4.27. The van der Waals surface area contributed by atoms with Gasteiger partial charge in [0.1, 0.15) is 0 Å². The van der Waals surface area contributed by atoms with E-state index in [0.29, 0.717) is 17.6 Å². The van der Waals surface area contributed by atoms with Crippen LogP contribution in [-0.4, -0.2) is 32.0 Å². The topological polar surface area (TPSA) is 54.3 Å². The summed E-state index contributed by atoms with van der Waals surface area (Å²) in [4.78, 5) is 12.8. The van der Waals surface area contributed by atoms with Crippen LogP contribution in [0.25, 0.3) is 0 Å². The second-order valence-electron chi connectivity index (χ2n) is 6.46. The van der Waals surface area contributed by atoms with E-state index >= 15 is 0 Å². The van der Waals surface area contributed by atoms with Gasteiger partial charge in [-0.3, -0.25) is 4.79 Å². The van der Waals surface area contributed by atoms with Crippen LogP contribution in [0.2, 0.25) is 0 Å². The van der Waals surface area contributed by atoms with Crippen LogP contribution in [-0.2, 0) is 0 Å². The summed E-state index contributed by atoms with van der Waals surface area (Å²) in [6, 6.07) is 3.64. The second kappa shape index (κ2) is 7.23. The molecule has 0 aliphatic carbocycles. The van der Waals surface area contributed by atoms with Crippen molar-refractivity contribution in [2.75, 3.05) is 26.2 Å². The highest BCUT2D eigenvalue weighted by Crippen LogP contribution is 2.33. The van der Waals surface area contributed by atoms with Crippen LogP contribution in [0.3, 0.4) is 0 Å². The largest absolute Gasteiger partial charge is 0.461 e. The van der Waals surface area contributed by atoms with Gasteiger partial charge in [0, 0.05) is 5.92 Å². The maximum absolute atomic E-state index is 12.8. The van der Waals surface area contributed by atoms with E-state index in [1.165, 1.54) is 12.8 Å². The molecule has 2 N–H and O–H groups in total. The van der Waals surface area contributed by atoms with Crippen LogP contribution in [0.4, 0.5) is 0 Å². The molecule has 0 spiro atoms. The highest BCUT2D eigenvalue weighted by atomic mass is 16.3. The third kappa shape index (κ3) is 3.74. The van der Waals surface area contributed by atoms with E-state index in [1.807, 2.05) is 12.1 Å². The monoisotopic (exact) mass is 290 g/mol. The van der Waals surface area contributed by atoms with Gasteiger partial charge in [-0.1, -0.05) is 0 Å². The molecule has 4 heteroatoms. The molecule has 0 radical (unpaired) electrons. The first-order valence-electron chi connectivity index (χ1n) is 8.34. The minimum absolute atomic E-state index is 0.140. The van der Waals surface area contributed by atoms with Gasteiger partial charge in [-0.15, -0.1) is 0 Å². The number of hydrogen-bond donors (Lipinski definition) is 2. The predicted molar refractivity (Wildman–Crippen MR) is 82.3 cm³/mol. The van der Waals surface area contributed by atoms with E-state index in [2.05, 4.69) is 10.6 Å². The quantitative estimate of drug-likeness (QED) is 0.818. The zero-order valence-corrected chi connectivity index (χ0v) is 12.6. The van der Waals surface area contributed by atoms with Gasteiger partial charge in [0.05, 0.1) is 6.26 Å². The number of piperidine rings is 2. The first kappa shape index (κ1) is 14.8. The first-order valence-corrected chi connectivity index (χ1v) is 8.34. The molecule has 4 nitrogen and oxygen atoms in total. The summed E-state index contributed by atoms with van der Waals surface area (Å²) in [5.74, 6) is 2.11. The molecule has 0 saturated carbocycles. The summed E-state index contributed by atoms with van der Waals surface area (Å²) < 4.78 is 5.38. The number of rotatable bonds is 5. The second-order valence-corrected chi connectivity index (χ2v) is 6.46. The van der Waals surface area contributed by atoms with Crippen molar-refractivity contribution >= 4 is 5.78 Å². The molecule has 1 aromatic rings. The molecule has 1 aromatic heterocycles. The molecule has 2 aliphatic rings. The number of hydrogen-bond acceptors (Lipinski definition) is 4. The molecule has 0 aromatic carbocycles. The Hall–Kier alpha value is -1.13. The van der Waals surface area contributed by atoms with Gasteiger partial charge >= 0.3 is 0 Å². The Labute approximate surface area is 126 Å². The van der Waals surface area contributed by atoms with Gasteiger partial charge in [0.15, 0.2) is 5.76 Å². The molecule has 1 atom stereocenters. The molecule has 3 rings (SSSR count). The summed E-state index contributed by atoms with van der Waals surface area (Å²) in [6.07, 6.45) is 7.27. The fraction of sp³-hybridized carbons (Fsp3) is 0.706. The van der Waals surface area contributed by atoms with Crippen LogP contribution in [0.5, 0.6) is 0 Å². The SMILES string of the molecule is O=C(c1ccco1)C(CC1CCNCC1)C1CCNCC1. The Kier molecular flexibility index (Phi) is 5.09. The van der Waals surface area contributed by atoms with Crippen molar-refractivity contribution in [2.24, 2.45) is 17.8 Å². The fourth-order valence-corrected chi connectivity index (χ4v) is 3.84. The highest BCUT2D eigenvalue weighted by Gasteiger charge is 2.33. The van der Waals surface area contributed by atoms with E-state index < -0.39 is 0 Å². The third-order valence-corrected chi connectivity index (χ3v) is 5.10. The van der Waals surface area contributed by atoms with Crippen LogP contribution < -0.4 is 10.6 Å². The maximum Gasteiger partial charge on any atom is 0.201 e. The summed E-state index contributed by atoms with van der Waals surface area (Å²) >= 11 is 0. The van der Waals surface area contributed by atoms with Crippen LogP contribution in [0, 0.1) is 17.8 Å². The number of carbonyl (C=O) groups excluding carboxylic acids is 1. The molecule has 3 heterocycles. The normalized spacial score (nSPS) is 23.0. The lowest BCUT2D eigenvalue weighted by Gasteiger charge is -2.33. The molecule has 2 aliphatic heterocycles. The highest BCUT2D eigenvalue weighted by molar-refractivity contribution is 5.95. The van der Waals surface area contributed by atoms with E-state index in [4.69, 9.17) is 4.42 Å². The number of Topliss-reactive ketones (excluding diaryl/α,β-unsaturated/α-hetero) is 1. The predicted octanol–water partition coefficient (Wildman–Crippen LogP) is 2.47. The van der Waals surface area contributed by atoms with E-state index in [-0.39, 0.29) is 11.7 Å². The lowest BCUT2D eigenvalue weighted by Crippen LogP contribution is -2.37. The Morgan fingerprint density at radius 3 is 2.43 bits per heavy atom. The standard InChI is InChI=1S/C17H26N2O2/c20-17(16-2-1-11-21-16)15(14-5-9-19-10-6-14)12-13-3-7-18-8-4-13/h1-2,11,13-15,18-19H,3-10,12H2.